The van der Waals surface area contributed by atoms with Crippen LogP contribution in [0.2, 0.25) is 0 Å². The van der Waals surface area contributed by atoms with Crippen molar-refractivity contribution in [1.82, 2.24) is 25.5 Å². The molecule has 1 saturated carbocycles. The van der Waals surface area contributed by atoms with Crippen LogP contribution < -0.4 is 16.4 Å². The number of hydrogen-bond donors (Lipinski definition) is 3. The van der Waals surface area contributed by atoms with Gasteiger partial charge in [-0.25, -0.2) is 4.98 Å². The Morgan fingerprint density at radius 2 is 2.06 bits per heavy atom. The van der Waals surface area contributed by atoms with Crippen LogP contribution in [0.4, 0.5) is 5.82 Å². The lowest BCUT2D eigenvalue weighted by atomic mass is 9.65. The van der Waals surface area contributed by atoms with E-state index in [9.17, 15) is 4.79 Å². The van der Waals surface area contributed by atoms with Crippen molar-refractivity contribution in [2.45, 2.75) is 43.7 Å². The second-order valence-corrected chi connectivity index (χ2v) is 10.0. The number of carbonyl (C=O) groups is 1. The van der Waals surface area contributed by atoms with Crippen LogP contribution in [0.3, 0.4) is 0 Å². The number of nitrogens with one attached hydrogen (secondary N) is 2. The Hall–Kier alpha value is -2.95. The second kappa shape index (κ2) is 8.77. The Bertz CT molecular complexity index is 1140. The Balaban J connectivity index is 1.19. The van der Waals surface area contributed by atoms with Crippen molar-refractivity contribution in [1.29, 1.82) is 0 Å². The Morgan fingerprint density at radius 1 is 1.21 bits per heavy atom. The van der Waals surface area contributed by atoms with Gasteiger partial charge in [0.05, 0.1) is 25.5 Å². The molecule has 1 saturated heterocycles. The largest absolute Gasteiger partial charge is 0.376 e. The fourth-order valence-corrected chi connectivity index (χ4v) is 5.06. The van der Waals surface area contributed by atoms with Crippen LogP contribution in [0.25, 0.3) is 10.7 Å². The number of nitrogens with two attached hydrogens (primary N) is 1. The van der Waals surface area contributed by atoms with E-state index >= 15 is 0 Å². The number of pyridine rings is 1. The van der Waals surface area contributed by atoms with Gasteiger partial charge in [-0.1, -0.05) is 12.5 Å². The lowest BCUT2D eigenvalue weighted by molar-refractivity contribution is -0.143. The third kappa shape index (κ3) is 4.33. The molecular weight excluding hydrogens is 438 g/mol. The summed E-state index contributed by atoms with van der Waals surface area (Å²) in [6.45, 7) is 3.79. The average molecular weight is 466 g/mol. The molecule has 4 heterocycles. The summed E-state index contributed by atoms with van der Waals surface area (Å²) >= 11 is 1.47. The molecule has 1 aliphatic heterocycles. The molecule has 5 rings (SSSR count). The van der Waals surface area contributed by atoms with E-state index in [0.29, 0.717) is 12.2 Å². The van der Waals surface area contributed by atoms with Crippen LogP contribution in [0, 0.1) is 6.92 Å². The number of aromatic nitrogens is 4. The molecule has 172 valence electrons. The van der Waals surface area contributed by atoms with Crippen molar-refractivity contribution in [3.05, 3.63) is 52.8 Å². The lowest BCUT2D eigenvalue weighted by Crippen LogP contribution is -2.66. The van der Waals surface area contributed by atoms with Crippen molar-refractivity contribution >= 4 is 23.1 Å². The van der Waals surface area contributed by atoms with Gasteiger partial charge in [0.1, 0.15) is 22.1 Å². The van der Waals surface area contributed by atoms with Gasteiger partial charge < -0.3 is 21.1 Å². The van der Waals surface area contributed by atoms with Crippen LogP contribution in [0.1, 0.15) is 35.4 Å². The third-order valence-corrected chi connectivity index (χ3v) is 7.48. The first-order chi connectivity index (χ1) is 16.0. The quantitative estimate of drug-likeness (QED) is 0.462. The summed E-state index contributed by atoms with van der Waals surface area (Å²) in [5.41, 5.74) is 8.22. The minimum atomic E-state index is -0.908. The molecule has 3 aromatic heterocycles. The monoisotopic (exact) mass is 465 g/mol. The Kier molecular flexibility index (Phi) is 5.81. The first-order valence-corrected chi connectivity index (χ1v) is 11.9. The predicted octanol–water partition coefficient (Wildman–Crippen LogP) is 2.18. The molecule has 1 amide bonds. The summed E-state index contributed by atoms with van der Waals surface area (Å²) in [4.78, 5) is 22.2. The Morgan fingerprint density at radius 3 is 2.70 bits per heavy atom. The summed E-state index contributed by atoms with van der Waals surface area (Å²) in [5, 5.41) is 15.8. The van der Waals surface area contributed by atoms with Crippen molar-refractivity contribution < 1.29 is 9.53 Å². The zero-order valence-corrected chi connectivity index (χ0v) is 19.3. The van der Waals surface area contributed by atoms with E-state index in [1.54, 1.807) is 6.20 Å². The number of amides is 1. The van der Waals surface area contributed by atoms with E-state index in [-0.39, 0.29) is 24.5 Å². The number of ether oxygens (including phenoxy) is 1. The molecule has 0 aromatic carbocycles. The van der Waals surface area contributed by atoms with Gasteiger partial charge in [0.15, 0.2) is 0 Å². The topological polar surface area (TPSA) is 128 Å². The van der Waals surface area contributed by atoms with Gasteiger partial charge in [-0.2, -0.15) is 0 Å². The molecule has 0 radical (unpaired) electrons. The lowest BCUT2D eigenvalue weighted by Gasteiger charge is -2.42. The molecule has 4 N–H and O–H groups in total. The van der Waals surface area contributed by atoms with Crippen molar-refractivity contribution in [3.8, 4) is 10.7 Å². The molecule has 1 aliphatic carbocycles. The van der Waals surface area contributed by atoms with Crippen LogP contribution in [0.15, 0.2) is 36.7 Å². The highest BCUT2D eigenvalue weighted by Gasteiger charge is 2.42. The summed E-state index contributed by atoms with van der Waals surface area (Å²) in [5.74, 6) is 0.530. The maximum atomic E-state index is 12.1. The van der Waals surface area contributed by atoms with Crippen LogP contribution in [-0.4, -0.2) is 51.4 Å². The summed E-state index contributed by atoms with van der Waals surface area (Å²) in [6, 6.07) is 7.95. The number of carbonyl (C=O) groups excluding carboxylic acids is 1. The number of aryl methyl sites for hydroxylation is 1. The van der Waals surface area contributed by atoms with Crippen LogP contribution in [-0.2, 0) is 21.5 Å². The minimum absolute atomic E-state index is 0.0635. The number of thiazole rings is 1. The smallest absolute Gasteiger partial charge is 0.245 e. The normalized spacial score (nSPS) is 18.1. The number of anilines is 1. The van der Waals surface area contributed by atoms with Gasteiger partial charge >= 0.3 is 0 Å². The van der Waals surface area contributed by atoms with Gasteiger partial charge in [0, 0.05) is 29.2 Å². The highest BCUT2D eigenvalue weighted by molar-refractivity contribution is 7.15. The molecule has 0 spiro atoms. The zero-order valence-electron chi connectivity index (χ0n) is 18.5. The van der Waals surface area contributed by atoms with Crippen molar-refractivity contribution in [2.24, 2.45) is 5.73 Å². The van der Waals surface area contributed by atoms with E-state index in [1.165, 1.54) is 29.0 Å². The molecule has 2 aliphatic rings. The molecular formula is C23H27N7O2S. The molecule has 0 unspecified atom stereocenters. The molecule has 10 heteroatoms. The van der Waals surface area contributed by atoms with E-state index in [1.807, 2.05) is 24.4 Å². The summed E-state index contributed by atoms with van der Waals surface area (Å²) in [7, 11) is 0. The van der Waals surface area contributed by atoms with Gasteiger partial charge in [0.25, 0.3) is 0 Å². The Labute approximate surface area is 196 Å². The fourth-order valence-electron chi connectivity index (χ4n) is 4.25. The number of rotatable bonds is 8. The summed E-state index contributed by atoms with van der Waals surface area (Å²) in [6.07, 6.45) is 7.08. The zero-order chi connectivity index (χ0) is 22.9. The maximum Gasteiger partial charge on any atom is 0.245 e. The molecule has 3 aromatic rings. The highest BCUT2D eigenvalue weighted by Crippen LogP contribution is 2.44. The first kappa shape index (κ1) is 21.9. The maximum absolute atomic E-state index is 12.1. The van der Waals surface area contributed by atoms with Crippen LogP contribution >= 0.6 is 11.3 Å². The average Bonchev–Trinajstić information content (AvgIpc) is 3.25. The molecule has 0 atom stereocenters. The molecule has 2 fully saturated rings. The van der Waals surface area contributed by atoms with E-state index in [2.05, 4.69) is 43.8 Å². The fraction of sp³-hybridized carbons (Fsp3) is 0.435. The number of nitrogens with zero attached hydrogens (tertiary/aromatic N) is 4. The highest BCUT2D eigenvalue weighted by atomic mass is 32.1. The van der Waals surface area contributed by atoms with E-state index in [0.717, 1.165) is 35.1 Å². The van der Waals surface area contributed by atoms with Gasteiger partial charge in [0.2, 0.25) is 5.91 Å². The standard InChI is InChI=1S/C23H27N7O2S/c1-15-4-2-9-25-19(15)22(7-3-8-22)12-28-18-6-5-17(29-30-18)20-26-10-16(33-20)11-27-21(31)23(24)13-32-14-23/h2,4-6,9-10H,3,7-8,11-14,24H2,1H3,(H,27,31)(H,28,30). The predicted molar refractivity (Wildman–Crippen MR) is 126 cm³/mol. The molecule has 0 bridgehead atoms. The van der Waals surface area contributed by atoms with Crippen molar-refractivity contribution in [2.75, 3.05) is 25.1 Å². The van der Waals surface area contributed by atoms with E-state index in [4.69, 9.17) is 10.5 Å². The third-order valence-electron chi connectivity index (χ3n) is 6.46. The SMILES string of the molecule is Cc1cccnc1C1(CNc2ccc(-c3ncc(CNC(=O)C4(N)COC4)s3)nn2)CCC1. The van der Waals surface area contributed by atoms with Crippen molar-refractivity contribution in [3.63, 3.8) is 0 Å². The summed E-state index contributed by atoms with van der Waals surface area (Å²) < 4.78 is 5.04. The number of hydrogen-bond acceptors (Lipinski definition) is 9. The van der Waals surface area contributed by atoms with Gasteiger partial charge in [-0.3, -0.25) is 9.78 Å². The minimum Gasteiger partial charge on any atom is -0.376 e. The molecule has 9 nitrogen and oxygen atoms in total. The van der Waals surface area contributed by atoms with E-state index < -0.39 is 5.54 Å². The van der Waals surface area contributed by atoms with Crippen LogP contribution in [0.5, 0.6) is 0 Å². The molecule has 33 heavy (non-hydrogen) atoms. The van der Waals surface area contributed by atoms with Gasteiger partial charge in [-0.15, -0.1) is 21.5 Å². The van der Waals surface area contributed by atoms with Gasteiger partial charge in [-0.05, 0) is 43.5 Å². The second-order valence-electron chi connectivity index (χ2n) is 8.92. The first-order valence-electron chi connectivity index (χ1n) is 11.1.